The van der Waals surface area contributed by atoms with Gasteiger partial charge < -0.3 is 19.1 Å². The van der Waals surface area contributed by atoms with Crippen LogP contribution in [0.4, 0.5) is 0 Å². The molecule has 1 aromatic heterocycles. The van der Waals surface area contributed by atoms with Crippen LogP contribution < -0.4 is 4.74 Å². The number of esters is 1. The largest absolute Gasteiger partial charge is 0.475 e. The second kappa shape index (κ2) is 4.86. The van der Waals surface area contributed by atoms with Crippen LogP contribution in [0.3, 0.4) is 0 Å². The number of nitrogens with zero attached hydrogens (tertiary/aromatic N) is 1. The van der Waals surface area contributed by atoms with Crippen molar-refractivity contribution in [1.29, 1.82) is 0 Å². The van der Waals surface area contributed by atoms with Gasteiger partial charge in [0.25, 0.3) is 5.88 Å². The highest BCUT2D eigenvalue weighted by Gasteiger charge is 2.18. The second-order valence-electron chi connectivity index (χ2n) is 4.21. The van der Waals surface area contributed by atoms with E-state index in [-0.39, 0.29) is 18.2 Å². The smallest absolute Gasteiger partial charge is 0.374 e. The molecule has 0 aromatic carbocycles. The zero-order valence-electron chi connectivity index (χ0n) is 9.72. The zero-order chi connectivity index (χ0) is 13.1. The lowest BCUT2D eigenvalue weighted by atomic mass is 10.2. The third-order valence-corrected chi connectivity index (χ3v) is 1.46. The fraction of sp³-hybridized carbons (Fsp3) is 0.500. The van der Waals surface area contributed by atoms with Crippen molar-refractivity contribution >= 4 is 11.9 Å². The van der Waals surface area contributed by atoms with Gasteiger partial charge in [-0.1, -0.05) is 0 Å². The molecule has 0 spiro atoms. The van der Waals surface area contributed by atoms with E-state index in [1.807, 2.05) is 0 Å². The molecule has 0 unspecified atom stereocenters. The number of hydrogen-bond donors (Lipinski definition) is 1. The molecule has 0 amide bonds. The average Bonchev–Trinajstić information content (AvgIpc) is 2.60. The molecule has 0 saturated heterocycles. The number of carbonyl (C=O) groups is 2. The Labute approximate surface area is 97.3 Å². The van der Waals surface area contributed by atoms with Crippen molar-refractivity contribution < 1.29 is 28.7 Å². The van der Waals surface area contributed by atoms with Crippen molar-refractivity contribution in [3.05, 3.63) is 11.8 Å². The van der Waals surface area contributed by atoms with Gasteiger partial charge in [-0.25, -0.2) is 9.59 Å². The van der Waals surface area contributed by atoms with Gasteiger partial charge in [0.05, 0.1) is 6.07 Å². The average molecular weight is 243 g/mol. The molecular formula is C10H13NO6. The number of rotatable bonds is 4. The lowest BCUT2D eigenvalue weighted by Crippen LogP contribution is -2.27. The Morgan fingerprint density at radius 1 is 1.47 bits per heavy atom. The third-order valence-electron chi connectivity index (χ3n) is 1.46. The molecule has 0 bridgehead atoms. The summed E-state index contributed by atoms with van der Waals surface area (Å²) in [7, 11) is 0. The Morgan fingerprint density at radius 2 is 2.12 bits per heavy atom. The maximum absolute atomic E-state index is 11.3. The Bertz CT molecular complexity index is 417. The van der Waals surface area contributed by atoms with Gasteiger partial charge in [0, 0.05) is 0 Å². The fourth-order valence-corrected chi connectivity index (χ4v) is 0.932. The summed E-state index contributed by atoms with van der Waals surface area (Å²) >= 11 is 0. The van der Waals surface area contributed by atoms with E-state index in [0.29, 0.717) is 0 Å². The van der Waals surface area contributed by atoms with Crippen molar-refractivity contribution in [2.75, 3.05) is 6.61 Å². The van der Waals surface area contributed by atoms with E-state index in [0.717, 1.165) is 6.07 Å². The standard InChI is InChI=1S/C10H13NO6/c1-10(2,3)16-8(12)5-15-7-4-6(9(13)14)17-11-7/h4H,5H2,1-3H3,(H,13,14). The van der Waals surface area contributed by atoms with Crippen LogP contribution in [0.25, 0.3) is 0 Å². The van der Waals surface area contributed by atoms with E-state index in [1.54, 1.807) is 20.8 Å². The van der Waals surface area contributed by atoms with E-state index < -0.39 is 17.5 Å². The van der Waals surface area contributed by atoms with Gasteiger partial charge in [-0.3, -0.25) is 0 Å². The molecular weight excluding hydrogens is 230 g/mol. The Morgan fingerprint density at radius 3 is 2.59 bits per heavy atom. The summed E-state index contributed by atoms with van der Waals surface area (Å²) in [6, 6.07) is 1.08. The predicted octanol–water partition coefficient (Wildman–Crippen LogP) is 1.09. The molecule has 1 N–H and O–H groups in total. The van der Waals surface area contributed by atoms with Gasteiger partial charge in [0.15, 0.2) is 6.61 Å². The van der Waals surface area contributed by atoms with Gasteiger partial charge in [0.2, 0.25) is 5.76 Å². The number of aromatic carboxylic acids is 1. The summed E-state index contributed by atoms with van der Waals surface area (Å²) in [4.78, 5) is 21.7. The quantitative estimate of drug-likeness (QED) is 0.790. The minimum atomic E-state index is -1.26. The van der Waals surface area contributed by atoms with Crippen LogP contribution in [-0.4, -0.2) is 34.4 Å². The monoisotopic (exact) mass is 243 g/mol. The van der Waals surface area contributed by atoms with Crippen LogP contribution in [0.5, 0.6) is 5.88 Å². The van der Waals surface area contributed by atoms with Crippen LogP contribution >= 0.6 is 0 Å². The topological polar surface area (TPSA) is 98.9 Å². The maximum atomic E-state index is 11.3. The normalized spacial score (nSPS) is 11.0. The summed E-state index contributed by atoms with van der Waals surface area (Å²) in [6.45, 7) is 4.82. The Kier molecular flexibility index (Phi) is 3.72. The van der Waals surface area contributed by atoms with E-state index in [2.05, 4.69) is 9.68 Å². The van der Waals surface area contributed by atoms with Crippen LogP contribution in [0.2, 0.25) is 0 Å². The van der Waals surface area contributed by atoms with Crippen LogP contribution in [0.15, 0.2) is 10.6 Å². The molecule has 1 aromatic rings. The van der Waals surface area contributed by atoms with Crippen LogP contribution in [-0.2, 0) is 9.53 Å². The summed E-state index contributed by atoms with van der Waals surface area (Å²) < 4.78 is 14.3. The van der Waals surface area contributed by atoms with E-state index >= 15 is 0 Å². The molecule has 0 aliphatic carbocycles. The molecule has 1 rings (SSSR count). The van der Waals surface area contributed by atoms with Gasteiger partial charge >= 0.3 is 11.9 Å². The first-order chi connectivity index (χ1) is 7.78. The number of carboxylic acid groups (broad SMARTS) is 1. The van der Waals surface area contributed by atoms with Crippen molar-refractivity contribution in [1.82, 2.24) is 5.16 Å². The van der Waals surface area contributed by atoms with Gasteiger partial charge in [0.1, 0.15) is 5.60 Å². The predicted molar refractivity (Wildman–Crippen MR) is 54.8 cm³/mol. The van der Waals surface area contributed by atoms with E-state index in [9.17, 15) is 9.59 Å². The fourth-order valence-electron chi connectivity index (χ4n) is 0.932. The minimum Gasteiger partial charge on any atom is -0.475 e. The first-order valence-electron chi connectivity index (χ1n) is 4.82. The zero-order valence-corrected chi connectivity index (χ0v) is 9.72. The lowest BCUT2D eigenvalue weighted by Gasteiger charge is -2.19. The molecule has 7 nitrogen and oxygen atoms in total. The summed E-state index contributed by atoms with van der Waals surface area (Å²) in [5, 5.41) is 11.9. The molecule has 0 atom stereocenters. The van der Waals surface area contributed by atoms with E-state index in [1.165, 1.54) is 0 Å². The highest BCUT2D eigenvalue weighted by atomic mass is 16.6. The summed E-state index contributed by atoms with van der Waals surface area (Å²) in [6.07, 6.45) is 0. The number of ether oxygens (including phenoxy) is 2. The number of aromatic nitrogens is 1. The van der Waals surface area contributed by atoms with Gasteiger partial charge in [-0.15, -0.1) is 0 Å². The third kappa shape index (κ3) is 4.54. The number of carbonyl (C=O) groups excluding carboxylic acids is 1. The summed E-state index contributed by atoms with van der Waals surface area (Å²) in [5.41, 5.74) is -0.601. The molecule has 0 aliphatic heterocycles. The SMILES string of the molecule is CC(C)(C)OC(=O)COc1cc(C(=O)O)on1. The lowest BCUT2D eigenvalue weighted by molar-refractivity contribution is -0.157. The highest BCUT2D eigenvalue weighted by Crippen LogP contribution is 2.12. The number of hydrogen-bond acceptors (Lipinski definition) is 6. The van der Waals surface area contributed by atoms with Crippen molar-refractivity contribution in [2.45, 2.75) is 26.4 Å². The van der Waals surface area contributed by atoms with Crippen LogP contribution in [0.1, 0.15) is 31.3 Å². The van der Waals surface area contributed by atoms with Crippen molar-refractivity contribution in [3.63, 3.8) is 0 Å². The molecule has 17 heavy (non-hydrogen) atoms. The molecule has 0 aliphatic rings. The van der Waals surface area contributed by atoms with Gasteiger partial charge in [-0.2, -0.15) is 0 Å². The Hall–Kier alpha value is -2.05. The van der Waals surface area contributed by atoms with Crippen molar-refractivity contribution in [2.24, 2.45) is 0 Å². The molecule has 7 heteroatoms. The Balaban J connectivity index is 2.45. The molecule has 0 radical (unpaired) electrons. The van der Waals surface area contributed by atoms with Crippen molar-refractivity contribution in [3.8, 4) is 5.88 Å². The van der Waals surface area contributed by atoms with Gasteiger partial charge in [-0.05, 0) is 25.9 Å². The maximum Gasteiger partial charge on any atom is 0.374 e. The number of carboxylic acids is 1. The molecule has 0 fully saturated rings. The highest BCUT2D eigenvalue weighted by molar-refractivity contribution is 5.84. The molecule has 0 saturated carbocycles. The second-order valence-corrected chi connectivity index (χ2v) is 4.21. The first-order valence-corrected chi connectivity index (χ1v) is 4.82. The first kappa shape index (κ1) is 13.0. The van der Waals surface area contributed by atoms with E-state index in [4.69, 9.17) is 14.6 Å². The summed E-state index contributed by atoms with van der Waals surface area (Å²) in [5.74, 6) is -2.26. The minimum absolute atomic E-state index is 0.0757. The molecule has 94 valence electrons. The molecule has 1 heterocycles. The van der Waals surface area contributed by atoms with Crippen LogP contribution in [0, 0.1) is 0 Å².